The van der Waals surface area contributed by atoms with Crippen LogP contribution in [0.1, 0.15) is 43.3 Å². The third-order valence-electron chi connectivity index (χ3n) is 5.15. The molecule has 1 atom stereocenters. The van der Waals surface area contributed by atoms with Crippen LogP contribution in [0.3, 0.4) is 0 Å². The number of hydrogen-bond donors (Lipinski definition) is 1. The molecule has 4 rings (SSSR count). The second kappa shape index (κ2) is 6.77. The van der Waals surface area contributed by atoms with Crippen molar-refractivity contribution < 1.29 is 0 Å². The fourth-order valence-electron chi connectivity index (χ4n) is 3.47. The fourth-order valence-corrected chi connectivity index (χ4v) is 3.47. The lowest BCUT2D eigenvalue weighted by Crippen LogP contribution is -2.01. The third kappa shape index (κ3) is 3.02. The van der Waals surface area contributed by atoms with Crippen LogP contribution >= 0.6 is 0 Å². The second-order valence-corrected chi connectivity index (χ2v) is 7.04. The van der Waals surface area contributed by atoms with E-state index in [0.29, 0.717) is 17.4 Å². The molecule has 134 valence electrons. The zero-order valence-corrected chi connectivity index (χ0v) is 15.8. The van der Waals surface area contributed by atoms with E-state index in [2.05, 4.69) is 64.9 Å². The quantitative estimate of drug-likeness (QED) is 0.467. The molecule has 0 bridgehead atoms. The van der Waals surface area contributed by atoms with Crippen molar-refractivity contribution in [1.82, 2.24) is 14.5 Å². The Morgan fingerprint density at radius 3 is 2.89 bits per heavy atom. The van der Waals surface area contributed by atoms with E-state index in [1.807, 2.05) is 31.2 Å². The highest BCUT2D eigenvalue weighted by Gasteiger charge is 2.13. The standard InChI is InChI=1S/C23H22N4/c1-4-16(3)27-14-18(19-7-5-6-8-22(19)27)12-17(13-24)23-25-20-10-9-15(2)11-21(20)26-23/h5-12,14,16H,4H2,1-3H3,(H,25,26)/b17-12-/t16-/m1/s1. The number of allylic oxidation sites excluding steroid dienone is 1. The maximum absolute atomic E-state index is 9.77. The van der Waals surface area contributed by atoms with Gasteiger partial charge in [0.2, 0.25) is 0 Å². The van der Waals surface area contributed by atoms with Gasteiger partial charge in [-0.2, -0.15) is 5.26 Å². The highest BCUT2D eigenvalue weighted by molar-refractivity contribution is 5.98. The number of nitriles is 1. The summed E-state index contributed by atoms with van der Waals surface area (Å²) in [6, 6.07) is 17.1. The van der Waals surface area contributed by atoms with Crippen molar-refractivity contribution in [2.45, 2.75) is 33.2 Å². The molecule has 0 saturated carbocycles. The van der Waals surface area contributed by atoms with Gasteiger partial charge in [0.15, 0.2) is 0 Å². The highest BCUT2D eigenvalue weighted by Crippen LogP contribution is 2.29. The summed E-state index contributed by atoms with van der Waals surface area (Å²) < 4.78 is 2.29. The summed E-state index contributed by atoms with van der Waals surface area (Å²) in [4.78, 5) is 7.89. The Kier molecular flexibility index (Phi) is 4.29. The van der Waals surface area contributed by atoms with Gasteiger partial charge in [-0.1, -0.05) is 31.2 Å². The molecule has 0 unspecified atom stereocenters. The summed E-state index contributed by atoms with van der Waals surface area (Å²) in [7, 11) is 0. The van der Waals surface area contributed by atoms with Crippen molar-refractivity contribution in [2.75, 3.05) is 0 Å². The summed E-state index contributed by atoms with van der Waals surface area (Å²) in [5.74, 6) is 0.610. The molecule has 0 saturated heterocycles. The van der Waals surface area contributed by atoms with Gasteiger partial charge in [0.05, 0.1) is 16.6 Å². The Bertz CT molecular complexity index is 1200. The van der Waals surface area contributed by atoms with E-state index in [4.69, 9.17) is 0 Å². The highest BCUT2D eigenvalue weighted by atomic mass is 15.0. The lowest BCUT2D eigenvalue weighted by atomic mass is 10.1. The van der Waals surface area contributed by atoms with Crippen molar-refractivity contribution in [3.05, 3.63) is 65.6 Å². The molecule has 0 fully saturated rings. The molecule has 0 aliphatic carbocycles. The van der Waals surface area contributed by atoms with Crippen molar-refractivity contribution >= 4 is 33.6 Å². The minimum absolute atomic E-state index is 0.400. The van der Waals surface area contributed by atoms with Gasteiger partial charge in [0.1, 0.15) is 11.9 Å². The van der Waals surface area contributed by atoms with Gasteiger partial charge >= 0.3 is 0 Å². The summed E-state index contributed by atoms with van der Waals surface area (Å²) >= 11 is 0. The number of aryl methyl sites for hydroxylation is 1. The number of hydrogen-bond acceptors (Lipinski definition) is 2. The Morgan fingerprint density at radius 2 is 2.11 bits per heavy atom. The zero-order chi connectivity index (χ0) is 19.0. The minimum Gasteiger partial charge on any atom is -0.344 e. The second-order valence-electron chi connectivity index (χ2n) is 7.04. The molecule has 0 spiro atoms. The number of benzene rings is 2. The molecule has 2 heterocycles. The molecule has 0 aliphatic rings. The van der Waals surface area contributed by atoms with Crippen molar-refractivity contribution in [2.24, 2.45) is 0 Å². The summed E-state index contributed by atoms with van der Waals surface area (Å²) in [5.41, 5.74) is 5.76. The Morgan fingerprint density at radius 1 is 1.30 bits per heavy atom. The number of aromatic amines is 1. The van der Waals surface area contributed by atoms with Crippen molar-refractivity contribution in [3.63, 3.8) is 0 Å². The number of imidazole rings is 1. The van der Waals surface area contributed by atoms with E-state index in [-0.39, 0.29) is 0 Å². The number of H-pyrrole nitrogens is 1. The van der Waals surface area contributed by atoms with Crippen molar-refractivity contribution in [3.8, 4) is 6.07 Å². The molecule has 0 radical (unpaired) electrons. The summed E-state index contributed by atoms with van der Waals surface area (Å²) in [6.07, 6.45) is 5.13. The lowest BCUT2D eigenvalue weighted by molar-refractivity contribution is 0.548. The van der Waals surface area contributed by atoms with Gasteiger partial charge in [-0.15, -0.1) is 0 Å². The van der Waals surface area contributed by atoms with Crippen LogP contribution in [0.25, 0.3) is 33.6 Å². The van der Waals surface area contributed by atoms with Crippen LogP contribution in [0.4, 0.5) is 0 Å². The molecule has 2 aromatic heterocycles. The van der Waals surface area contributed by atoms with Gasteiger partial charge < -0.3 is 9.55 Å². The fraction of sp³-hybridized carbons (Fsp3) is 0.217. The van der Waals surface area contributed by atoms with Gasteiger partial charge in [-0.25, -0.2) is 4.98 Å². The van der Waals surface area contributed by atoms with E-state index in [9.17, 15) is 5.26 Å². The molecule has 4 aromatic rings. The smallest absolute Gasteiger partial charge is 0.149 e. The third-order valence-corrected chi connectivity index (χ3v) is 5.15. The Balaban J connectivity index is 1.86. The number of para-hydroxylation sites is 1. The molecule has 1 N–H and O–H groups in total. The number of aromatic nitrogens is 3. The molecule has 0 amide bonds. The van der Waals surface area contributed by atoms with Crippen LogP contribution in [-0.2, 0) is 0 Å². The van der Waals surface area contributed by atoms with Gasteiger partial charge in [0.25, 0.3) is 0 Å². The Hall–Kier alpha value is -3.32. The topological polar surface area (TPSA) is 57.4 Å². The predicted molar refractivity (Wildman–Crippen MR) is 111 cm³/mol. The largest absolute Gasteiger partial charge is 0.344 e. The average Bonchev–Trinajstić information content (AvgIpc) is 3.26. The normalized spacial score (nSPS) is 13.2. The molecule has 4 heteroatoms. The van der Waals surface area contributed by atoms with E-state index in [0.717, 1.165) is 34.0 Å². The van der Waals surface area contributed by atoms with Crippen LogP contribution in [0.15, 0.2) is 48.7 Å². The molecular weight excluding hydrogens is 332 g/mol. The van der Waals surface area contributed by atoms with Crippen LogP contribution in [0.2, 0.25) is 0 Å². The molecular formula is C23H22N4. The molecule has 27 heavy (non-hydrogen) atoms. The molecule has 4 nitrogen and oxygen atoms in total. The number of nitrogens with one attached hydrogen (secondary N) is 1. The summed E-state index contributed by atoms with van der Waals surface area (Å²) in [5, 5.41) is 10.9. The van der Waals surface area contributed by atoms with Crippen molar-refractivity contribution in [1.29, 1.82) is 5.26 Å². The van der Waals surface area contributed by atoms with Crippen LogP contribution in [-0.4, -0.2) is 14.5 Å². The number of rotatable bonds is 4. The van der Waals surface area contributed by atoms with Crippen LogP contribution in [0, 0.1) is 18.3 Å². The van der Waals surface area contributed by atoms with Crippen LogP contribution < -0.4 is 0 Å². The first-order valence-corrected chi connectivity index (χ1v) is 9.28. The lowest BCUT2D eigenvalue weighted by Gasteiger charge is -2.12. The first-order chi connectivity index (χ1) is 13.1. The van der Waals surface area contributed by atoms with Crippen LogP contribution in [0.5, 0.6) is 0 Å². The van der Waals surface area contributed by atoms with Gasteiger partial charge in [-0.05, 0) is 50.1 Å². The first kappa shape index (κ1) is 17.1. The van der Waals surface area contributed by atoms with E-state index in [1.54, 1.807) is 0 Å². The zero-order valence-electron chi connectivity index (χ0n) is 15.8. The number of fused-ring (bicyclic) bond motifs is 2. The monoisotopic (exact) mass is 354 g/mol. The van der Waals surface area contributed by atoms with E-state index >= 15 is 0 Å². The van der Waals surface area contributed by atoms with Gasteiger partial charge in [-0.3, -0.25) is 0 Å². The average molecular weight is 354 g/mol. The van der Waals surface area contributed by atoms with E-state index in [1.165, 1.54) is 5.52 Å². The first-order valence-electron chi connectivity index (χ1n) is 9.28. The SMILES string of the molecule is CC[C@@H](C)n1cc(/C=C(/C#N)c2nc3ccc(C)cc3[nH]2)c2ccccc21. The maximum Gasteiger partial charge on any atom is 0.149 e. The predicted octanol–water partition coefficient (Wildman–Crippen LogP) is 5.86. The van der Waals surface area contributed by atoms with E-state index < -0.39 is 0 Å². The molecule has 2 aromatic carbocycles. The molecule has 0 aliphatic heterocycles. The maximum atomic E-state index is 9.77. The Labute approximate surface area is 158 Å². The number of nitrogens with zero attached hydrogens (tertiary/aromatic N) is 3. The van der Waals surface area contributed by atoms with Gasteiger partial charge in [0, 0.05) is 28.7 Å². The summed E-state index contributed by atoms with van der Waals surface area (Å²) in [6.45, 7) is 6.45. The minimum atomic E-state index is 0.400.